The monoisotopic (exact) mass is 278 g/mol. The summed E-state index contributed by atoms with van der Waals surface area (Å²) < 4.78 is 0. The van der Waals surface area contributed by atoms with Crippen molar-refractivity contribution in [2.75, 3.05) is 0 Å². The average Bonchev–Trinajstić information content (AvgIpc) is 2.82. The maximum Gasteiger partial charge on any atom is 0.172 e. The van der Waals surface area contributed by atoms with Crippen molar-refractivity contribution in [1.82, 2.24) is 0 Å². The van der Waals surface area contributed by atoms with Crippen molar-refractivity contribution in [2.45, 2.75) is 26.7 Å². The van der Waals surface area contributed by atoms with Gasteiger partial charge < -0.3 is 0 Å². The summed E-state index contributed by atoms with van der Waals surface area (Å²) in [6.07, 6.45) is 1.51. The summed E-state index contributed by atoms with van der Waals surface area (Å²) in [4.78, 5) is 13.7. The molecule has 0 aliphatic rings. The van der Waals surface area contributed by atoms with Crippen molar-refractivity contribution in [1.29, 1.82) is 0 Å². The van der Waals surface area contributed by atoms with Crippen molar-refractivity contribution in [2.24, 2.45) is 0 Å². The van der Waals surface area contributed by atoms with Crippen LogP contribution in [0.3, 0.4) is 0 Å². The van der Waals surface area contributed by atoms with Gasteiger partial charge in [0.1, 0.15) is 0 Å². The van der Waals surface area contributed by atoms with E-state index >= 15 is 0 Å². The lowest BCUT2D eigenvalue weighted by Crippen LogP contribution is -1.93. The molecular weight excluding hydrogens is 264 g/mol. The van der Waals surface area contributed by atoms with Crippen molar-refractivity contribution in [3.05, 3.63) is 45.8 Å². The molecule has 0 aliphatic heterocycles. The number of ketones is 1. The Hall–Kier alpha value is -1.12. The molecule has 1 nitrogen and oxygen atoms in total. The molecule has 0 bridgehead atoms. The number of aryl methyl sites for hydroxylation is 1. The van der Waals surface area contributed by atoms with Crippen LogP contribution in [0.2, 0.25) is 5.02 Å². The Balaban J connectivity index is 2.29. The number of rotatable bonds is 4. The summed E-state index contributed by atoms with van der Waals surface area (Å²) in [7, 11) is 0. The highest BCUT2D eigenvalue weighted by molar-refractivity contribution is 7.17. The maximum absolute atomic E-state index is 11.8. The lowest BCUT2D eigenvalue weighted by Gasteiger charge is -2.01. The minimum atomic E-state index is 0.229. The molecule has 0 spiro atoms. The van der Waals surface area contributed by atoms with Gasteiger partial charge in [0.25, 0.3) is 0 Å². The molecule has 0 unspecified atom stereocenters. The van der Waals surface area contributed by atoms with Gasteiger partial charge in [-0.05, 0) is 42.7 Å². The third-order valence-electron chi connectivity index (χ3n) is 2.81. The molecule has 1 aromatic heterocycles. The first-order chi connectivity index (χ1) is 8.61. The molecular formula is C15H15ClOS. The zero-order chi connectivity index (χ0) is 13.1. The van der Waals surface area contributed by atoms with Crippen LogP contribution in [0.1, 0.15) is 35.0 Å². The van der Waals surface area contributed by atoms with Crippen LogP contribution in [0.5, 0.6) is 0 Å². The van der Waals surface area contributed by atoms with Gasteiger partial charge in [0.2, 0.25) is 0 Å². The number of carbonyl (C=O) groups is 1. The molecule has 1 aromatic carbocycles. The summed E-state index contributed by atoms with van der Waals surface area (Å²) in [5.41, 5.74) is 2.14. The fourth-order valence-corrected chi connectivity index (χ4v) is 2.89. The first-order valence-corrected chi connectivity index (χ1v) is 7.21. The smallest absolute Gasteiger partial charge is 0.172 e. The van der Waals surface area contributed by atoms with Crippen molar-refractivity contribution in [3.63, 3.8) is 0 Å². The zero-order valence-corrected chi connectivity index (χ0v) is 12.1. The Kier molecular flexibility index (Phi) is 4.20. The highest BCUT2D eigenvalue weighted by atomic mass is 35.5. The van der Waals surface area contributed by atoms with E-state index in [9.17, 15) is 4.79 Å². The van der Waals surface area contributed by atoms with Crippen LogP contribution in [0.25, 0.3) is 10.4 Å². The van der Waals surface area contributed by atoms with Gasteiger partial charge in [0, 0.05) is 16.3 Å². The second-order valence-electron chi connectivity index (χ2n) is 4.30. The number of Topliss-reactive ketones (excluding diaryl/α,β-unsaturated/α-hetero) is 1. The normalized spacial score (nSPS) is 10.6. The fraction of sp³-hybridized carbons (Fsp3) is 0.267. The summed E-state index contributed by atoms with van der Waals surface area (Å²) in [5, 5.41) is 0.766. The molecule has 0 amide bonds. The second-order valence-corrected chi connectivity index (χ2v) is 5.79. The SMILES string of the molecule is CCCC(=O)c1ccc(-c2ccc(C)c(Cl)c2)s1. The van der Waals surface area contributed by atoms with E-state index in [-0.39, 0.29) is 5.78 Å². The highest BCUT2D eigenvalue weighted by Gasteiger charge is 2.10. The van der Waals surface area contributed by atoms with Crippen LogP contribution >= 0.6 is 22.9 Å². The lowest BCUT2D eigenvalue weighted by molar-refractivity contribution is 0.0985. The summed E-state index contributed by atoms with van der Waals surface area (Å²) in [6.45, 7) is 4.00. The maximum atomic E-state index is 11.8. The van der Waals surface area contributed by atoms with Gasteiger partial charge >= 0.3 is 0 Å². The number of benzene rings is 1. The van der Waals surface area contributed by atoms with E-state index in [1.165, 1.54) is 0 Å². The molecule has 2 rings (SSSR count). The second kappa shape index (κ2) is 5.68. The molecule has 0 saturated heterocycles. The van der Waals surface area contributed by atoms with E-state index in [2.05, 4.69) is 0 Å². The Bertz CT molecular complexity index is 572. The topological polar surface area (TPSA) is 17.1 Å². The van der Waals surface area contributed by atoms with Gasteiger partial charge in [-0.3, -0.25) is 4.79 Å². The summed E-state index contributed by atoms with van der Waals surface area (Å²) in [6, 6.07) is 9.91. The molecule has 18 heavy (non-hydrogen) atoms. The number of carbonyl (C=O) groups excluding carboxylic acids is 1. The Morgan fingerprint density at radius 1 is 1.28 bits per heavy atom. The first kappa shape index (κ1) is 13.3. The van der Waals surface area contributed by atoms with Crippen molar-refractivity contribution >= 4 is 28.7 Å². The Morgan fingerprint density at radius 3 is 2.72 bits per heavy atom. The first-order valence-electron chi connectivity index (χ1n) is 6.01. The molecule has 0 atom stereocenters. The molecule has 0 radical (unpaired) electrons. The van der Waals surface area contributed by atoms with Crippen LogP contribution in [-0.4, -0.2) is 5.78 Å². The van der Waals surface area contributed by atoms with Gasteiger partial charge in [-0.1, -0.05) is 30.7 Å². The van der Waals surface area contributed by atoms with E-state index in [0.29, 0.717) is 6.42 Å². The largest absolute Gasteiger partial charge is 0.293 e. The predicted molar refractivity (Wildman–Crippen MR) is 78.7 cm³/mol. The van der Waals surface area contributed by atoms with Gasteiger partial charge in [-0.25, -0.2) is 0 Å². The van der Waals surface area contributed by atoms with E-state index < -0.39 is 0 Å². The van der Waals surface area contributed by atoms with E-state index in [1.54, 1.807) is 11.3 Å². The lowest BCUT2D eigenvalue weighted by atomic mass is 10.1. The zero-order valence-electron chi connectivity index (χ0n) is 10.5. The molecule has 0 aliphatic carbocycles. The number of hydrogen-bond donors (Lipinski definition) is 0. The number of hydrogen-bond acceptors (Lipinski definition) is 2. The molecule has 0 fully saturated rings. The molecule has 0 N–H and O–H groups in total. The predicted octanol–water partition coefficient (Wildman–Crippen LogP) is 5.36. The van der Waals surface area contributed by atoms with Gasteiger partial charge in [-0.2, -0.15) is 0 Å². The summed E-state index contributed by atoms with van der Waals surface area (Å²) in [5.74, 6) is 0.229. The summed E-state index contributed by atoms with van der Waals surface area (Å²) >= 11 is 7.66. The van der Waals surface area contributed by atoms with Crippen LogP contribution < -0.4 is 0 Å². The third-order valence-corrected chi connectivity index (χ3v) is 4.40. The van der Waals surface area contributed by atoms with E-state index in [0.717, 1.165) is 32.3 Å². The molecule has 3 heteroatoms. The molecule has 1 heterocycles. The minimum absolute atomic E-state index is 0.229. The van der Waals surface area contributed by atoms with E-state index in [1.807, 2.05) is 44.2 Å². The van der Waals surface area contributed by atoms with Crippen molar-refractivity contribution in [3.8, 4) is 10.4 Å². The molecule has 2 aromatic rings. The van der Waals surface area contributed by atoms with Crippen LogP contribution in [-0.2, 0) is 0 Å². The highest BCUT2D eigenvalue weighted by Crippen LogP contribution is 2.31. The Labute approximate surface area is 116 Å². The van der Waals surface area contributed by atoms with Gasteiger partial charge in [0.05, 0.1) is 4.88 Å². The number of thiophene rings is 1. The molecule has 94 valence electrons. The Morgan fingerprint density at radius 2 is 2.06 bits per heavy atom. The molecule has 0 saturated carbocycles. The quantitative estimate of drug-likeness (QED) is 0.688. The van der Waals surface area contributed by atoms with Crippen LogP contribution in [0.15, 0.2) is 30.3 Å². The van der Waals surface area contributed by atoms with Crippen LogP contribution in [0, 0.1) is 6.92 Å². The minimum Gasteiger partial charge on any atom is -0.293 e. The van der Waals surface area contributed by atoms with Gasteiger partial charge in [-0.15, -0.1) is 11.3 Å². The fourth-order valence-electron chi connectivity index (χ4n) is 1.74. The van der Waals surface area contributed by atoms with E-state index in [4.69, 9.17) is 11.6 Å². The number of halogens is 1. The third kappa shape index (κ3) is 2.82. The average molecular weight is 279 g/mol. The standard InChI is InChI=1S/C15H15ClOS/c1-3-4-13(17)15-8-7-14(18-15)11-6-5-10(2)12(16)9-11/h5-9H,3-4H2,1-2H3. The van der Waals surface area contributed by atoms with Crippen LogP contribution in [0.4, 0.5) is 0 Å². The van der Waals surface area contributed by atoms with Gasteiger partial charge in [0.15, 0.2) is 5.78 Å². The van der Waals surface area contributed by atoms with Crippen molar-refractivity contribution < 1.29 is 4.79 Å².